The van der Waals surface area contributed by atoms with Crippen LogP contribution in [0.3, 0.4) is 0 Å². The minimum Gasteiger partial charge on any atom is -0.356 e. The molecule has 0 atom stereocenters. The van der Waals surface area contributed by atoms with E-state index >= 15 is 0 Å². The quantitative estimate of drug-likeness (QED) is 0.243. The molecule has 6 nitrogen and oxygen atoms in total. The third-order valence-corrected chi connectivity index (χ3v) is 4.54. The van der Waals surface area contributed by atoms with Crippen molar-refractivity contribution in [2.75, 3.05) is 40.3 Å². The molecular weight excluding hydrogens is 439 g/mol. The fraction of sp³-hybridized carbons (Fsp3) is 0.789. The van der Waals surface area contributed by atoms with Crippen LogP contribution < -0.4 is 5.32 Å². The molecule has 0 radical (unpaired) electrons. The summed E-state index contributed by atoms with van der Waals surface area (Å²) in [5.41, 5.74) is 2.44. The van der Waals surface area contributed by atoms with Crippen LogP contribution in [0.25, 0.3) is 0 Å². The van der Waals surface area contributed by atoms with Gasteiger partial charge in [-0.05, 0) is 38.4 Å². The van der Waals surface area contributed by atoms with Crippen LogP contribution in [0, 0.1) is 0 Å². The topological polar surface area (TPSA) is 48.7 Å². The number of rotatable bonds is 10. The van der Waals surface area contributed by atoms with E-state index in [1.54, 1.807) is 0 Å². The van der Waals surface area contributed by atoms with Crippen molar-refractivity contribution in [3.05, 3.63) is 17.5 Å². The number of aliphatic imine (C=N–C) groups is 1. The maximum Gasteiger partial charge on any atom is 0.193 e. The van der Waals surface area contributed by atoms with Gasteiger partial charge in [-0.15, -0.1) is 24.0 Å². The molecular formula is C19H39IN6. The second-order valence-corrected chi connectivity index (χ2v) is 6.93. The number of aromatic nitrogens is 2. The molecule has 0 aromatic carbocycles. The molecule has 0 saturated carbocycles. The molecule has 1 N–H and O–H groups in total. The van der Waals surface area contributed by atoms with E-state index in [4.69, 9.17) is 0 Å². The zero-order valence-corrected chi connectivity index (χ0v) is 20.1. The van der Waals surface area contributed by atoms with Gasteiger partial charge in [0.15, 0.2) is 5.96 Å². The summed E-state index contributed by atoms with van der Waals surface area (Å²) in [6, 6.07) is 0. The van der Waals surface area contributed by atoms with Crippen molar-refractivity contribution in [1.29, 1.82) is 0 Å². The summed E-state index contributed by atoms with van der Waals surface area (Å²) in [5.74, 6) is 1.38. The number of nitrogens with one attached hydrogen (secondary N) is 1. The number of unbranched alkanes of at least 4 members (excludes halogenated alkanes) is 1. The monoisotopic (exact) mass is 478 g/mol. The smallest absolute Gasteiger partial charge is 0.193 e. The Balaban J connectivity index is 0.00000625. The van der Waals surface area contributed by atoms with Crippen molar-refractivity contribution in [3.8, 4) is 0 Å². The summed E-state index contributed by atoms with van der Waals surface area (Å²) in [7, 11) is 5.92. The Hall–Kier alpha value is -0.830. The van der Waals surface area contributed by atoms with Crippen LogP contribution in [0.2, 0.25) is 0 Å². The van der Waals surface area contributed by atoms with Gasteiger partial charge in [-0.2, -0.15) is 5.10 Å². The minimum atomic E-state index is 0. The Bertz CT molecular complexity index is 522. The van der Waals surface area contributed by atoms with Gasteiger partial charge in [-0.3, -0.25) is 9.67 Å². The molecule has 0 aliphatic carbocycles. The number of aryl methyl sites for hydroxylation is 1. The number of guanidine groups is 1. The summed E-state index contributed by atoms with van der Waals surface area (Å²) < 4.78 is 1.90. The molecule has 0 aliphatic heterocycles. The van der Waals surface area contributed by atoms with Crippen molar-refractivity contribution in [1.82, 2.24) is 24.9 Å². The van der Waals surface area contributed by atoms with E-state index in [2.05, 4.69) is 66.1 Å². The average molecular weight is 478 g/mol. The Morgan fingerprint density at radius 2 is 1.92 bits per heavy atom. The van der Waals surface area contributed by atoms with Gasteiger partial charge >= 0.3 is 0 Å². The second kappa shape index (κ2) is 13.4. The zero-order valence-electron chi connectivity index (χ0n) is 17.7. The molecule has 1 heterocycles. The van der Waals surface area contributed by atoms with Gasteiger partial charge in [0.2, 0.25) is 0 Å². The van der Waals surface area contributed by atoms with Crippen LogP contribution in [-0.2, 0) is 13.6 Å². The first-order valence-corrected chi connectivity index (χ1v) is 9.59. The maximum atomic E-state index is 4.59. The van der Waals surface area contributed by atoms with E-state index < -0.39 is 0 Å². The van der Waals surface area contributed by atoms with Crippen LogP contribution in [0.4, 0.5) is 0 Å². The van der Waals surface area contributed by atoms with Gasteiger partial charge in [-0.1, -0.05) is 27.7 Å². The normalized spacial score (nSPS) is 11.8. The zero-order chi connectivity index (χ0) is 18.8. The highest BCUT2D eigenvalue weighted by Gasteiger charge is 2.14. The molecule has 0 fully saturated rings. The van der Waals surface area contributed by atoms with E-state index in [1.807, 2.05) is 18.8 Å². The molecule has 1 aromatic rings. The van der Waals surface area contributed by atoms with Crippen molar-refractivity contribution in [3.63, 3.8) is 0 Å². The van der Waals surface area contributed by atoms with Crippen molar-refractivity contribution in [2.45, 2.75) is 53.0 Å². The van der Waals surface area contributed by atoms with Crippen LogP contribution >= 0.6 is 24.0 Å². The van der Waals surface area contributed by atoms with E-state index in [0.29, 0.717) is 5.92 Å². The van der Waals surface area contributed by atoms with Crippen molar-refractivity contribution >= 4 is 29.9 Å². The first kappa shape index (κ1) is 25.2. The molecule has 26 heavy (non-hydrogen) atoms. The summed E-state index contributed by atoms with van der Waals surface area (Å²) in [4.78, 5) is 9.07. The van der Waals surface area contributed by atoms with Gasteiger partial charge in [-0.25, -0.2) is 0 Å². The number of halogens is 1. The van der Waals surface area contributed by atoms with Gasteiger partial charge in [0, 0.05) is 46.0 Å². The van der Waals surface area contributed by atoms with Crippen LogP contribution in [0.1, 0.15) is 57.7 Å². The molecule has 152 valence electrons. The van der Waals surface area contributed by atoms with Gasteiger partial charge in [0.25, 0.3) is 0 Å². The van der Waals surface area contributed by atoms with E-state index in [-0.39, 0.29) is 24.0 Å². The SMILES string of the molecule is CCN(CC)CCCCNC(=NC)N(C)Cc1cn(C)nc1C(C)C.I. The van der Waals surface area contributed by atoms with Crippen LogP contribution in [0.5, 0.6) is 0 Å². The summed E-state index contributed by atoms with van der Waals surface area (Å²) >= 11 is 0. The average Bonchev–Trinajstić information content (AvgIpc) is 2.95. The second-order valence-electron chi connectivity index (χ2n) is 6.93. The lowest BCUT2D eigenvalue weighted by molar-refractivity contribution is 0.297. The maximum absolute atomic E-state index is 4.59. The Kier molecular flexibility index (Phi) is 12.9. The first-order valence-electron chi connectivity index (χ1n) is 9.59. The summed E-state index contributed by atoms with van der Waals surface area (Å²) in [6.07, 6.45) is 4.49. The van der Waals surface area contributed by atoms with Crippen LogP contribution in [0.15, 0.2) is 11.2 Å². The summed E-state index contributed by atoms with van der Waals surface area (Å²) in [5, 5.41) is 8.08. The number of hydrogen-bond acceptors (Lipinski definition) is 3. The van der Waals surface area contributed by atoms with E-state index in [1.165, 1.54) is 24.2 Å². The largest absolute Gasteiger partial charge is 0.356 e. The predicted molar refractivity (Wildman–Crippen MR) is 123 cm³/mol. The third kappa shape index (κ3) is 8.24. The van der Waals surface area contributed by atoms with Gasteiger partial charge in [0.1, 0.15) is 0 Å². The third-order valence-electron chi connectivity index (χ3n) is 4.54. The number of hydrogen-bond donors (Lipinski definition) is 1. The Labute approximate surface area is 177 Å². The first-order chi connectivity index (χ1) is 11.9. The minimum absolute atomic E-state index is 0. The van der Waals surface area contributed by atoms with Crippen molar-refractivity contribution in [2.24, 2.45) is 12.0 Å². The number of nitrogens with zero attached hydrogens (tertiary/aromatic N) is 5. The molecule has 0 saturated heterocycles. The van der Waals surface area contributed by atoms with Crippen molar-refractivity contribution < 1.29 is 0 Å². The molecule has 0 bridgehead atoms. The highest BCUT2D eigenvalue weighted by atomic mass is 127. The lowest BCUT2D eigenvalue weighted by atomic mass is 10.1. The molecule has 1 rings (SSSR count). The highest BCUT2D eigenvalue weighted by molar-refractivity contribution is 14.0. The highest BCUT2D eigenvalue weighted by Crippen LogP contribution is 2.18. The standard InChI is InChI=1S/C19H38N6.HI/c1-8-25(9-2)13-11-10-12-21-19(20-5)23(6)14-17-15-24(7)22-18(17)16(3)4;/h15-16H,8-14H2,1-7H3,(H,20,21);1H. The van der Waals surface area contributed by atoms with Gasteiger partial charge < -0.3 is 15.1 Å². The predicted octanol–water partition coefficient (Wildman–Crippen LogP) is 3.29. The fourth-order valence-electron chi connectivity index (χ4n) is 3.08. The molecule has 0 amide bonds. The molecule has 0 unspecified atom stereocenters. The molecule has 0 spiro atoms. The molecule has 0 aliphatic rings. The van der Waals surface area contributed by atoms with E-state index in [9.17, 15) is 0 Å². The lowest BCUT2D eigenvalue weighted by Crippen LogP contribution is -2.39. The Morgan fingerprint density at radius 1 is 1.27 bits per heavy atom. The summed E-state index contributed by atoms with van der Waals surface area (Å²) in [6.45, 7) is 14.1. The van der Waals surface area contributed by atoms with E-state index in [0.717, 1.165) is 38.6 Å². The Morgan fingerprint density at radius 3 is 2.46 bits per heavy atom. The van der Waals surface area contributed by atoms with Gasteiger partial charge in [0.05, 0.1) is 5.69 Å². The van der Waals surface area contributed by atoms with Crippen LogP contribution in [-0.4, -0.2) is 65.8 Å². The molecule has 7 heteroatoms. The lowest BCUT2D eigenvalue weighted by Gasteiger charge is -2.23. The molecule has 1 aromatic heterocycles. The fourth-order valence-corrected chi connectivity index (χ4v) is 3.08.